The van der Waals surface area contributed by atoms with E-state index in [9.17, 15) is 0 Å². The Labute approximate surface area is 235 Å². The van der Waals surface area contributed by atoms with Crippen molar-refractivity contribution >= 4 is 28.2 Å². The molecule has 0 radical (unpaired) electrons. The summed E-state index contributed by atoms with van der Waals surface area (Å²) in [4.78, 5) is 14.6. The van der Waals surface area contributed by atoms with Crippen molar-refractivity contribution in [3.63, 3.8) is 0 Å². The van der Waals surface area contributed by atoms with Crippen LogP contribution >= 0.6 is 0 Å². The molecule has 1 aliphatic rings. The topological polar surface area (TPSA) is 81.2 Å². The predicted molar refractivity (Wildman–Crippen MR) is 160 cm³/mol. The van der Waals surface area contributed by atoms with Gasteiger partial charge in [0.25, 0.3) is 0 Å². The van der Waals surface area contributed by atoms with Crippen molar-refractivity contribution in [1.29, 1.82) is 0 Å². The zero-order valence-corrected chi connectivity index (χ0v) is 23.2. The third-order valence-electron chi connectivity index (χ3n) is 7.72. The Balaban J connectivity index is 1.12. The summed E-state index contributed by atoms with van der Waals surface area (Å²) in [6.07, 6.45) is 2.78. The number of piperazine rings is 1. The second-order valence-electron chi connectivity index (χ2n) is 10.4. The zero-order valence-electron chi connectivity index (χ0n) is 23.2. The summed E-state index contributed by atoms with van der Waals surface area (Å²) in [6, 6.07) is 23.3. The van der Waals surface area contributed by atoms with Gasteiger partial charge in [-0.05, 0) is 53.9 Å². The van der Waals surface area contributed by atoms with Gasteiger partial charge >= 0.3 is 0 Å². The number of nitrogens with zero attached hydrogens (tertiary/aromatic N) is 5. The average molecular weight is 537 g/mol. The smallest absolute Gasteiger partial charge is 0.206 e. The van der Waals surface area contributed by atoms with Gasteiger partial charge in [0.05, 0.1) is 17.8 Å². The van der Waals surface area contributed by atoms with Gasteiger partial charge in [0, 0.05) is 63.5 Å². The normalized spacial score (nSPS) is 14.3. The molecule has 0 spiro atoms. The van der Waals surface area contributed by atoms with Crippen molar-refractivity contribution in [3.05, 3.63) is 95.3 Å². The average Bonchev–Trinajstić information content (AvgIpc) is 3.41. The molecule has 2 N–H and O–H groups in total. The molecular weight excluding hydrogens is 500 g/mol. The monoisotopic (exact) mass is 536 g/mol. The van der Waals surface area contributed by atoms with E-state index >= 15 is 0 Å². The van der Waals surface area contributed by atoms with Gasteiger partial charge in [-0.15, -0.1) is 0 Å². The Morgan fingerprint density at radius 2 is 1.62 bits per heavy atom. The summed E-state index contributed by atoms with van der Waals surface area (Å²) in [6.45, 7) is 8.17. The van der Waals surface area contributed by atoms with Crippen LogP contribution in [-0.2, 0) is 17.7 Å². The highest BCUT2D eigenvalue weighted by atomic mass is 16.5. The summed E-state index contributed by atoms with van der Waals surface area (Å²) in [5.41, 5.74) is 14.1. The first-order chi connectivity index (χ1) is 19.6. The number of fused-ring (bicyclic) bond motifs is 3. The van der Waals surface area contributed by atoms with Crippen LogP contribution in [-0.4, -0.2) is 65.8 Å². The predicted octanol–water partition coefficient (Wildman–Crippen LogP) is 4.71. The first-order valence-corrected chi connectivity index (χ1v) is 13.9. The molecule has 0 bridgehead atoms. The number of anilines is 2. The lowest BCUT2D eigenvalue weighted by Crippen LogP contribution is -2.46. The minimum atomic E-state index is 0.468. The van der Waals surface area contributed by atoms with Crippen LogP contribution in [0.4, 0.5) is 11.6 Å². The minimum Gasteiger partial charge on any atom is -0.491 e. The molecule has 8 heteroatoms. The molecule has 1 fully saturated rings. The third kappa shape index (κ3) is 5.46. The van der Waals surface area contributed by atoms with E-state index in [1.165, 1.54) is 16.8 Å². The molecule has 0 atom stereocenters. The number of hydrogen-bond donors (Lipinski definition) is 1. The summed E-state index contributed by atoms with van der Waals surface area (Å²) < 4.78 is 12.7. The largest absolute Gasteiger partial charge is 0.491 e. The molecule has 0 amide bonds. The third-order valence-corrected chi connectivity index (χ3v) is 7.72. The van der Waals surface area contributed by atoms with Crippen LogP contribution in [0.5, 0.6) is 5.75 Å². The van der Waals surface area contributed by atoms with E-state index < -0.39 is 0 Å². The molecule has 206 valence electrons. The van der Waals surface area contributed by atoms with Gasteiger partial charge in [0.15, 0.2) is 0 Å². The molecule has 1 aliphatic heterocycles. The summed E-state index contributed by atoms with van der Waals surface area (Å²) in [7, 11) is 1.68. The van der Waals surface area contributed by atoms with Gasteiger partial charge in [-0.1, -0.05) is 36.4 Å². The van der Waals surface area contributed by atoms with Crippen LogP contribution in [0.15, 0.2) is 72.9 Å². The minimum absolute atomic E-state index is 0.468. The molecule has 2 aromatic heterocycles. The summed E-state index contributed by atoms with van der Waals surface area (Å²) in [5.74, 6) is 1.35. The first kappa shape index (κ1) is 26.1. The molecule has 0 saturated carbocycles. The van der Waals surface area contributed by atoms with Crippen molar-refractivity contribution in [1.82, 2.24) is 19.3 Å². The number of imidazole rings is 1. The molecule has 3 heterocycles. The van der Waals surface area contributed by atoms with Gasteiger partial charge in [0.1, 0.15) is 18.0 Å². The SMILES string of the molecule is COCCOc1ccc(N2CCN(Cc3ccccc3Cc3cn4c(N)nc5c(C)cccc5c4n3)CC2)cc1. The molecule has 0 unspecified atom stereocenters. The number of nitrogens with two attached hydrogens (primary N) is 1. The molecule has 3 aromatic carbocycles. The van der Waals surface area contributed by atoms with Crippen LogP contribution in [0.25, 0.3) is 16.6 Å². The van der Waals surface area contributed by atoms with Crippen molar-refractivity contribution in [2.24, 2.45) is 0 Å². The summed E-state index contributed by atoms with van der Waals surface area (Å²) in [5, 5.41) is 1.03. The van der Waals surface area contributed by atoms with Gasteiger partial charge in [0.2, 0.25) is 5.95 Å². The van der Waals surface area contributed by atoms with Crippen molar-refractivity contribution in [3.8, 4) is 5.75 Å². The Kier molecular flexibility index (Phi) is 7.53. The lowest BCUT2D eigenvalue weighted by Gasteiger charge is -2.36. The highest BCUT2D eigenvalue weighted by Crippen LogP contribution is 2.26. The Morgan fingerprint density at radius 3 is 2.40 bits per heavy atom. The number of rotatable bonds is 9. The number of para-hydroxylation sites is 1. The van der Waals surface area contributed by atoms with E-state index in [0.717, 1.165) is 72.7 Å². The van der Waals surface area contributed by atoms with Crippen LogP contribution in [0, 0.1) is 6.92 Å². The van der Waals surface area contributed by atoms with Gasteiger partial charge < -0.3 is 20.1 Å². The van der Waals surface area contributed by atoms with Gasteiger partial charge in [-0.3, -0.25) is 9.30 Å². The van der Waals surface area contributed by atoms with Crippen molar-refractivity contribution in [2.45, 2.75) is 19.9 Å². The van der Waals surface area contributed by atoms with E-state index in [-0.39, 0.29) is 0 Å². The van der Waals surface area contributed by atoms with E-state index in [1.807, 2.05) is 28.8 Å². The van der Waals surface area contributed by atoms with E-state index in [2.05, 4.69) is 70.2 Å². The Morgan fingerprint density at radius 1 is 0.850 bits per heavy atom. The lowest BCUT2D eigenvalue weighted by molar-refractivity contribution is 0.146. The van der Waals surface area contributed by atoms with Crippen molar-refractivity contribution in [2.75, 3.05) is 57.1 Å². The molecule has 5 aromatic rings. The maximum atomic E-state index is 6.33. The standard InChI is InChI=1S/C32H36N6O2/c1-23-6-5-9-29-30(23)35-32(33)38-22-26(34-31(29)38)20-24-7-3-4-8-25(24)21-36-14-16-37(17-15-36)27-10-12-28(13-11-27)40-19-18-39-2/h3-13,22H,14-21H2,1-2H3,(H2,33,35). The molecule has 6 rings (SSSR count). The number of ether oxygens (including phenoxy) is 2. The number of hydrogen-bond acceptors (Lipinski definition) is 7. The highest BCUT2D eigenvalue weighted by molar-refractivity contribution is 5.94. The maximum Gasteiger partial charge on any atom is 0.206 e. The molecule has 1 saturated heterocycles. The van der Waals surface area contributed by atoms with E-state index in [4.69, 9.17) is 20.2 Å². The van der Waals surface area contributed by atoms with Crippen LogP contribution in [0.3, 0.4) is 0 Å². The molecule has 40 heavy (non-hydrogen) atoms. The fourth-order valence-electron chi connectivity index (χ4n) is 5.52. The number of aryl methyl sites for hydroxylation is 1. The number of methoxy groups -OCH3 is 1. The van der Waals surface area contributed by atoms with E-state index in [0.29, 0.717) is 19.2 Å². The fraction of sp³-hybridized carbons (Fsp3) is 0.312. The molecule has 0 aliphatic carbocycles. The highest BCUT2D eigenvalue weighted by Gasteiger charge is 2.19. The van der Waals surface area contributed by atoms with E-state index in [1.54, 1.807) is 7.11 Å². The Bertz CT molecular complexity index is 1610. The Hall–Kier alpha value is -4.14. The first-order valence-electron chi connectivity index (χ1n) is 13.9. The number of aromatic nitrogens is 3. The van der Waals surface area contributed by atoms with Crippen LogP contribution in [0.2, 0.25) is 0 Å². The van der Waals surface area contributed by atoms with Gasteiger partial charge in [-0.25, -0.2) is 9.97 Å². The van der Waals surface area contributed by atoms with Gasteiger partial charge in [-0.2, -0.15) is 0 Å². The number of benzene rings is 3. The van der Waals surface area contributed by atoms with Crippen molar-refractivity contribution < 1.29 is 9.47 Å². The fourth-order valence-corrected chi connectivity index (χ4v) is 5.52. The second kappa shape index (κ2) is 11.5. The zero-order chi connectivity index (χ0) is 27.5. The second-order valence-corrected chi connectivity index (χ2v) is 10.4. The maximum absolute atomic E-state index is 6.33. The molecular formula is C32H36N6O2. The number of nitrogen functional groups attached to an aromatic ring is 1. The lowest BCUT2D eigenvalue weighted by atomic mass is 10.0. The van der Waals surface area contributed by atoms with Crippen LogP contribution < -0.4 is 15.4 Å². The van der Waals surface area contributed by atoms with Crippen LogP contribution in [0.1, 0.15) is 22.4 Å². The summed E-state index contributed by atoms with van der Waals surface area (Å²) >= 11 is 0. The molecule has 8 nitrogen and oxygen atoms in total. The quantitative estimate of drug-likeness (QED) is 0.273.